The van der Waals surface area contributed by atoms with Gasteiger partial charge in [-0.2, -0.15) is 5.26 Å². The van der Waals surface area contributed by atoms with Crippen LogP contribution in [0.4, 0.5) is 0 Å². The molecule has 2 aromatic rings. The molecule has 0 radical (unpaired) electrons. The van der Waals surface area contributed by atoms with Crippen LogP contribution < -0.4 is 0 Å². The molecular weight excluding hydrogens is 272 g/mol. The van der Waals surface area contributed by atoms with E-state index in [0.29, 0.717) is 6.42 Å². The molecule has 0 amide bonds. The lowest BCUT2D eigenvalue weighted by molar-refractivity contribution is 1.16. The summed E-state index contributed by atoms with van der Waals surface area (Å²) in [6.07, 6.45) is 0.379. The Hall–Kier alpha value is -1.18. The molecule has 0 saturated heterocycles. The van der Waals surface area contributed by atoms with Gasteiger partial charge in [-0.05, 0) is 12.1 Å². The van der Waals surface area contributed by atoms with Gasteiger partial charge in [0.2, 0.25) is 0 Å². The van der Waals surface area contributed by atoms with Crippen LogP contribution in [0.3, 0.4) is 0 Å². The summed E-state index contributed by atoms with van der Waals surface area (Å²) in [6, 6.07) is 10.1. The van der Waals surface area contributed by atoms with Crippen LogP contribution in [-0.2, 0) is 6.42 Å². The summed E-state index contributed by atoms with van der Waals surface area (Å²) in [4.78, 5) is 4.39. The van der Waals surface area contributed by atoms with Crippen molar-refractivity contribution in [3.05, 3.63) is 39.8 Å². The van der Waals surface area contributed by atoms with Crippen molar-refractivity contribution in [2.45, 2.75) is 6.42 Å². The van der Waals surface area contributed by atoms with Crippen molar-refractivity contribution in [2.75, 3.05) is 0 Å². The molecular formula is C11H7BrN2S. The number of nitriles is 1. The topological polar surface area (TPSA) is 36.7 Å². The summed E-state index contributed by atoms with van der Waals surface area (Å²) in [6.45, 7) is 0. The van der Waals surface area contributed by atoms with Gasteiger partial charge in [-0.25, -0.2) is 4.98 Å². The van der Waals surface area contributed by atoms with E-state index in [-0.39, 0.29) is 0 Å². The summed E-state index contributed by atoms with van der Waals surface area (Å²) in [5.41, 5.74) is 1.93. The van der Waals surface area contributed by atoms with E-state index in [1.54, 1.807) is 11.3 Å². The zero-order chi connectivity index (χ0) is 10.7. The highest BCUT2D eigenvalue weighted by Gasteiger charge is 2.04. The third kappa shape index (κ3) is 2.44. The average Bonchev–Trinajstić information content (AvgIpc) is 2.67. The fourth-order valence-corrected chi connectivity index (χ4v) is 2.44. The number of thiazole rings is 1. The summed E-state index contributed by atoms with van der Waals surface area (Å²) < 4.78 is 1.04. The largest absolute Gasteiger partial charge is 0.240 e. The lowest BCUT2D eigenvalue weighted by Gasteiger charge is -1.95. The fraction of sp³-hybridized carbons (Fsp3) is 0.0909. The molecule has 2 nitrogen and oxygen atoms in total. The second-order valence-corrected chi connectivity index (χ2v) is 4.76. The zero-order valence-corrected chi connectivity index (χ0v) is 10.2. The first-order valence-electron chi connectivity index (χ1n) is 4.37. The first kappa shape index (κ1) is 10.3. The smallest absolute Gasteiger partial charge is 0.123 e. The molecule has 0 spiro atoms. The van der Waals surface area contributed by atoms with Crippen LogP contribution in [0.2, 0.25) is 0 Å². The Kier molecular flexibility index (Phi) is 3.14. The lowest BCUT2D eigenvalue weighted by atomic mass is 10.2. The SMILES string of the molecule is N#CCc1csc(-c2cccc(Br)c2)n1. The van der Waals surface area contributed by atoms with E-state index in [0.717, 1.165) is 20.7 Å². The van der Waals surface area contributed by atoms with E-state index in [2.05, 4.69) is 27.0 Å². The predicted octanol–water partition coefficient (Wildman–Crippen LogP) is 3.64. The minimum atomic E-state index is 0.379. The maximum absolute atomic E-state index is 8.55. The summed E-state index contributed by atoms with van der Waals surface area (Å²) >= 11 is 4.99. The Morgan fingerprint density at radius 1 is 1.47 bits per heavy atom. The molecule has 15 heavy (non-hydrogen) atoms. The van der Waals surface area contributed by atoms with Gasteiger partial charge in [0.15, 0.2) is 0 Å². The molecule has 0 bridgehead atoms. The molecule has 0 N–H and O–H groups in total. The van der Waals surface area contributed by atoms with Crippen LogP contribution in [0.1, 0.15) is 5.69 Å². The number of benzene rings is 1. The van der Waals surface area contributed by atoms with Crippen molar-refractivity contribution in [2.24, 2.45) is 0 Å². The standard InChI is InChI=1S/C11H7BrN2S/c12-9-3-1-2-8(6-9)11-14-10(4-5-13)7-15-11/h1-3,6-7H,4H2. The molecule has 74 valence electrons. The minimum Gasteiger partial charge on any atom is -0.240 e. The van der Waals surface area contributed by atoms with E-state index < -0.39 is 0 Å². The highest BCUT2D eigenvalue weighted by atomic mass is 79.9. The zero-order valence-electron chi connectivity index (χ0n) is 7.77. The summed E-state index contributed by atoms with van der Waals surface area (Å²) in [7, 11) is 0. The number of nitrogens with zero attached hydrogens (tertiary/aromatic N) is 2. The van der Waals surface area contributed by atoms with Gasteiger partial charge in [0.1, 0.15) is 5.01 Å². The quantitative estimate of drug-likeness (QED) is 0.841. The molecule has 0 aliphatic rings. The van der Waals surface area contributed by atoms with E-state index in [4.69, 9.17) is 5.26 Å². The molecule has 0 fully saturated rings. The normalized spacial score (nSPS) is 9.87. The van der Waals surface area contributed by atoms with Gasteiger partial charge in [-0.1, -0.05) is 28.1 Å². The maximum Gasteiger partial charge on any atom is 0.123 e. The Morgan fingerprint density at radius 2 is 2.33 bits per heavy atom. The van der Waals surface area contributed by atoms with Crippen molar-refractivity contribution in [1.29, 1.82) is 5.26 Å². The number of hydrogen-bond acceptors (Lipinski definition) is 3. The monoisotopic (exact) mass is 278 g/mol. The van der Waals surface area contributed by atoms with E-state index >= 15 is 0 Å². The number of rotatable bonds is 2. The fourth-order valence-electron chi connectivity index (χ4n) is 1.22. The number of aromatic nitrogens is 1. The van der Waals surface area contributed by atoms with Crippen LogP contribution >= 0.6 is 27.3 Å². The first-order valence-corrected chi connectivity index (χ1v) is 6.04. The van der Waals surface area contributed by atoms with Crippen LogP contribution in [0.5, 0.6) is 0 Å². The average molecular weight is 279 g/mol. The Bertz CT molecular complexity index is 513. The second kappa shape index (κ2) is 4.56. The third-order valence-corrected chi connectivity index (χ3v) is 3.32. The summed E-state index contributed by atoms with van der Waals surface area (Å²) in [5, 5.41) is 11.4. The van der Waals surface area contributed by atoms with Crippen LogP contribution in [0.15, 0.2) is 34.1 Å². The number of hydrogen-bond donors (Lipinski definition) is 0. The van der Waals surface area contributed by atoms with Crippen molar-refractivity contribution in [1.82, 2.24) is 4.98 Å². The second-order valence-electron chi connectivity index (χ2n) is 2.99. The first-order chi connectivity index (χ1) is 7.29. The van der Waals surface area contributed by atoms with Gasteiger partial charge < -0.3 is 0 Å². The van der Waals surface area contributed by atoms with Crippen molar-refractivity contribution in [3.63, 3.8) is 0 Å². The Balaban J connectivity index is 2.34. The third-order valence-electron chi connectivity index (χ3n) is 1.88. The van der Waals surface area contributed by atoms with Gasteiger partial charge in [-0.3, -0.25) is 0 Å². The molecule has 0 saturated carbocycles. The molecule has 0 atom stereocenters. The van der Waals surface area contributed by atoms with Crippen molar-refractivity contribution in [3.8, 4) is 16.6 Å². The molecule has 1 heterocycles. The van der Waals surface area contributed by atoms with Gasteiger partial charge in [0, 0.05) is 15.4 Å². The van der Waals surface area contributed by atoms with Crippen molar-refractivity contribution < 1.29 is 0 Å². The van der Waals surface area contributed by atoms with E-state index in [1.807, 2.05) is 29.6 Å². The van der Waals surface area contributed by atoms with Crippen LogP contribution in [0, 0.1) is 11.3 Å². The van der Waals surface area contributed by atoms with Crippen molar-refractivity contribution >= 4 is 27.3 Å². The van der Waals surface area contributed by atoms with Gasteiger partial charge in [0.25, 0.3) is 0 Å². The summed E-state index contributed by atoms with van der Waals surface area (Å²) in [5.74, 6) is 0. The van der Waals surface area contributed by atoms with Gasteiger partial charge in [0.05, 0.1) is 18.2 Å². The number of halogens is 1. The predicted molar refractivity (Wildman–Crippen MR) is 64.6 cm³/mol. The molecule has 0 aliphatic carbocycles. The highest BCUT2D eigenvalue weighted by molar-refractivity contribution is 9.10. The van der Waals surface area contributed by atoms with E-state index in [1.165, 1.54) is 0 Å². The Morgan fingerprint density at radius 3 is 3.07 bits per heavy atom. The highest BCUT2D eigenvalue weighted by Crippen LogP contribution is 2.26. The maximum atomic E-state index is 8.55. The van der Waals surface area contributed by atoms with Gasteiger partial charge >= 0.3 is 0 Å². The molecule has 2 rings (SSSR count). The molecule has 0 unspecified atom stereocenters. The van der Waals surface area contributed by atoms with Crippen LogP contribution in [0.25, 0.3) is 10.6 Å². The molecule has 0 aliphatic heterocycles. The lowest BCUT2D eigenvalue weighted by Crippen LogP contribution is -1.81. The van der Waals surface area contributed by atoms with E-state index in [9.17, 15) is 0 Å². The minimum absolute atomic E-state index is 0.379. The van der Waals surface area contributed by atoms with Gasteiger partial charge in [-0.15, -0.1) is 11.3 Å². The molecule has 4 heteroatoms. The molecule has 1 aromatic heterocycles. The Labute approximate surface area is 100 Å². The van der Waals surface area contributed by atoms with Crippen LogP contribution in [-0.4, -0.2) is 4.98 Å². The molecule has 1 aromatic carbocycles.